The smallest absolute Gasteiger partial charge is 0.353 e. The fourth-order valence-electron chi connectivity index (χ4n) is 4.61. The minimum atomic E-state index is -0.410. The second-order valence-corrected chi connectivity index (χ2v) is 8.35. The van der Waals surface area contributed by atoms with Crippen LogP contribution in [0, 0.1) is 10.1 Å². The van der Waals surface area contributed by atoms with E-state index in [9.17, 15) is 10.1 Å². The number of methoxy groups -OCH3 is 2. The monoisotopic (exact) mass is 474 g/mol. The third-order valence-electron chi connectivity index (χ3n) is 6.29. The summed E-state index contributed by atoms with van der Waals surface area (Å²) in [5, 5.41) is 16.4. The molecule has 0 atom stereocenters. The van der Waals surface area contributed by atoms with E-state index >= 15 is 0 Å². The van der Waals surface area contributed by atoms with E-state index in [1.54, 1.807) is 20.3 Å². The van der Waals surface area contributed by atoms with E-state index in [1.165, 1.54) is 17.3 Å². The first-order valence-corrected chi connectivity index (χ1v) is 11.4. The number of anilines is 2. The zero-order valence-corrected chi connectivity index (χ0v) is 19.6. The number of nitrogens with one attached hydrogen (secondary N) is 2. The quantitative estimate of drug-likeness (QED) is 0.289. The van der Waals surface area contributed by atoms with Crippen molar-refractivity contribution in [3.63, 3.8) is 0 Å². The number of aromatic amines is 1. The first-order valence-electron chi connectivity index (χ1n) is 11.4. The Bertz CT molecular complexity index is 1360. The first kappa shape index (κ1) is 22.5. The zero-order valence-electron chi connectivity index (χ0n) is 19.6. The number of hydrogen-bond donors (Lipinski definition) is 2. The van der Waals surface area contributed by atoms with Gasteiger partial charge in [0.15, 0.2) is 0 Å². The molecule has 4 aromatic rings. The van der Waals surface area contributed by atoms with Crippen LogP contribution in [0.3, 0.4) is 0 Å². The number of rotatable bonds is 8. The van der Waals surface area contributed by atoms with E-state index in [0.717, 1.165) is 23.2 Å². The maximum Gasteiger partial charge on any atom is 0.353 e. The average molecular weight is 475 g/mol. The fourth-order valence-corrected chi connectivity index (χ4v) is 4.61. The molecule has 0 aliphatic carbocycles. The number of H-pyrrole nitrogens is 1. The topological polar surface area (TPSA) is 118 Å². The predicted octanol–water partition coefficient (Wildman–Crippen LogP) is 4.10. The second kappa shape index (κ2) is 9.49. The molecule has 0 radical (unpaired) electrons. The Morgan fingerprint density at radius 1 is 1.14 bits per heavy atom. The first-order chi connectivity index (χ1) is 17.1. The highest BCUT2D eigenvalue weighted by atomic mass is 16.6. The molecule has 1 aliphatic rings. The lowest BCUT2D eigenvalue weighted by Gasteiger charge is -2.27. The van der Waals surface area contributed by atoms with Crippen molar-refractivity contribution in [1.29, 1.82) is 0 Å². The molecule has 3 heterocycles. The Morgan fingerprint density at radius 3 is 2.66 bits per heavy atom. The van der Waals surface area contributed by atoms with E-state index in [1.807, 2.05) is 35.2 Å². The summed E-state index contributed by atoms with van der Waals surface area (Å²) < 4.78 is 10.6. The summed E-state index contributed by atoms with van der Waals surface area (Å²) >= 11 is 0. The summed E-state index contributed by atoms with van der Waals surface area (Å²) in [7, 11) is 3.20. The Hall–Kier alpha value is -4.34. The summed E-state index contributed by atoms with van der Waals surface area (Å²) in [5.74, 6) is 1.91. The molecule has 0 fully saturated rings. The Labute approximate surface area is 202 Å². The number of para-hydroxylation sites is 1. The van der Waals surface area contributed by atoms with Gasteiger partial charge < -0.3 is 24.7 Å². The molecule has 2 aromatic carbocycles. The predicted molar refractivity (Wildman–Crippen MR) is 133 cm³/mol. The molecule has 0 saturated heterocycles. The summed E-state index contributed by atoms with van der Waals surface area (Å²) in [6.07, 6.45) is 2.76. The van der Waals surface area contributed by atoms with Crippen LogP contribution in [0.1, 0.15) is 16.8 Å². The van der Waals surface area contributed by atoms with Crippen molar-refractivity contribution < 1.29 is 14.4 Å². The van der Waals surface area contributed by atoms with Gasteiger partial charge in [0.25, 0.3) is 0 Å². The molecule has 10 nitrogen and oxygen atoms in total. The molecule has 0 bridgehead atoms. The van der Waals surface area contributed by atoms with Gasteiger partial charge in [-0.25, -0.2) is 9.97 Å². The van der Waals surface area contributed by atoms with Gasteiger partial charge >= 0.3 is 5.69 Å². The van der Waals surface area contributed by atoms with Gasteiger partial charge in [-0.15, -0.1) is 0 Å². The summed E-state index contributed by atoms with van der Waals surface area (Å²) in [5.41, 5.74) is 4.27. The van der Waals surface area contributed by atoms with Crippen molar-refractivity contribution in [3.05, 3.63) is 75.7 Å². The van der Waals surface area contributed by atoms with Gasteiger partial charge in [-0.1, -0.05) is 18.2 Å². The Kier molecular flexibility index (Phi) is 6.09. The van der Waals surface area contributed by atoms with E-state index in [4.69, 9.17) is 9.47 Å². The highest BCUT2D eigenvalue weighted by Crippen LogP contribution is 2.36. The van der Waals surface area contributed by atoms with Crippen LogP contribution >= 0.6 is 0 Å². The van der Waals surface area contributed by atoms with E-state index in [-0.39, 0.29) is 11.5 Å². The van der Waals surface area contributed by atoms with Crippen LogP contribution in [0.5, 0.6) is 11.5 Å². The molecule has 2 N–H and O–H groups in total. The standard InChI is InChI=1S/C25H26N6O4/c1-34-17-11-16(12-18(13-17)35-2)7-9-26-24-23(31(32)33)25(28-15-27-24)30-10-8-20-19-5-3-4-6-21(19)29-22(20)14-30/h3-6,11-13,15,29H,7-10,14H2,1-2H3,(H,26,27,28). The van der Waals surface area contributed by atoms with Crippen molar-refractivity contribution >= 4 is 28.2 Å². The van der Waals surface area contributed by atoms with Gasteiger partial charge in [-0.2, -0.15) is 0 Å². The zero-order chi connectivity index (χ0) is 24.4. The number of benzene rings is 2. The number of aromatic nitrogens is 3. The lowest BCUT2D eigenvalue weighted by molar-refractivity contribution is -0.383. The molecular weight excluding hydrogens is 448 g/mol. The van der Waals surface area contributed by atoms with Crippen molar-refractivity contribution in [2.24, 2.45) is 0 Å². The van der Waals surface area contributed by atoms with Crippen molar-refractivity contribution in [2.45, 2.75) is 19.4 Å². The minimum Gasteiger partial charge on any atom is -0.497 e. The maximum atomic E-state index is 12.1. The molecule has 0 spiro atoms. The number of hydrogen-bond acceptors (Lipinski definition) is 8. The highest BCUT2D eigenvalue weighted by Gasteiger charge is 2.30. The van der Waals surface area contributed by atoms with E-state index in [0.29, 0.717) is 43.4 Å². The largest absolute Gasteiger partial charge is 0.497 e. The van der Waals surface area contributed by atoms with Crippen molar-refractivity contribution in [3.8, 4) is 11.5 Å². The summed E-state index contributed by atoms with van der Waals surface area (Å²) in [6, 6.07) is 13.8. The van der Waals surface area contributed by atoms with Gasteiger partial charge in [0.05, 0.1) is 25.7 Å². The molecule has 0 unspecified atom stereocenters. The second-order valence-electron chi connectivity index (χ2n) is 8.35. The van der Waals surface area contributed by atoms with Crippen LogP contribution in [0.2, 0.25) is 0 Å². The van der Waals surface area contributed by atoms with Crippen LogP contribution in [0.25, 0.3) is 10.9 Å². The third-order valence-corrected chi connectivity index (χ3v) is 6.29. The van der Waals surface area contributed by atoms with Gasteiger partial charge in [0, 0.05) is 35.8 Å². The minimum absolute atomic E-state index is 0.115. The third kappa shape index (κ3) is 4.42. The normalized spacial score (nSPS) is 12.9. The van der Waals surface area contributed by atoms with Crippen LogP contribution < -0.4 is 19.7 Å². The summed E-state index contributed by atoms with van der Waals surface area (Å²) in [6.45, 7) is 1.60. The highest BCUT2D eigenvalue weighted by molar-refractivity contribution is 5.85. The lowest BCUT2D eigenvalue weighted by atomic mass is 10.0. The number of fused-ring (bicyclic) bond motifs is 3. The van der Waals surface area contributed by atoms with Crippen LogP contribution in [0.15, 0.2) is 48.8 Å². The average Bonchev–Trinajstić information content (AvgIpc) is 3.26. The Morgan fingerprint density at radius 2 is 1.91 bits per heavy atom. The molecule has 0 saturated carbocycles. The van der Waals surface area contributed by atoms with Crippen molar-refractivity contribution in [1.82, 2.24) is 15.0 Å². The lowest BCUT2D eigenvalue weighted by Crippen LogP contribution is -2.31. The van der Waals surface area contributed by atoms with Gasteiger partial charge in [0.2, 0.25) is 11.6 Å². The fraction of sp³-hybridized carbons (Fsp3) is 0.280. The van der Waals surface area contributed by atoms with E-state index in [2.05, 4.69) is 26.3 Å². The Balaban J connectivity index is 1.36. The van der Waals surface area contributed by atoms with Gasteiger partial charge in [-0.3, -0.25) is 10.1 Å². The number of nitro groups is 1. The molecule has 2 aromatic heterocycles. The number of nitrogens with zero attached hydrogens (tertiary/aromatic N) is 4. The van der Waals surface area contributed by atoms with Crippen molar-refractivity contribution in [2.75, 3.05) is 37.5 Å². The van der Waals surface area contributed by atoms with E-state index < -0.39 is 4.92 Å². The number of ether oxygens (including phenoxy) is 2. The molecule has 180 valence electrons. The summed E-state index contributed by atoms with van der Waals surface area (Å²) in [4.78, 5) is 25.6. The molecule has 35 heavy (non-hydrogen) atoms. The van der Waals surface area contributed by atoms with Gasteiger partial charge in [0.1, 0.15) is 17.8 Å². The molecule has 10 heteroatoms. The van der Waals surface area contributed by atoms with Crippen LogP contribution in [-0.2, 0) is 19.4 Å². The van der Waals surface area contributed by atoms with Crippen LogP contribution in [0.4, 0.5) is 17.3 Å². The molecule has 0 amide bonds. The van der Waals surface area contributed by atoms with Crippen LogP contribution in [-0.4, -0.2) is 47.2 Å². The molecule has 1 aliphatic heterocycles. The molecule has 5 rings (SSSR count). The molecular formula is C25H26N6O4. The van der Waals surface area contributed by atoms with Gasteiger partial charge in [-0.05, 0) is 42.2 Å². The maximum absolute atomic E-state index is 12.1. The SMILES string of the molecule is COc1cc(CCNc2ncnc(N3CCc4c([nH]c5ccccc45)C3)c2[N+](=O)[O-])cc(OC)c1.